The lowest BCUT2D eigenvalue weighted by Crippen LogP contribution is -2.48. The summed E-state index contributed by atoms with van der Waals surface area (Å²) < 4.78 is 0. The zero-order valence-corrected chi connectivity index (χ0v) is 12.6. The Kier molecular flexibility index (Phi) is 3.57. The van der Waals surface area contributed by atoms with Gasteiger partial charge in [-0.1, -0.05) is 13.0 Å². The average Bonchev–Trinajstić information content (AvgIpc) is 2.26. The minimum Gasteiger partial charge on any atom is -0.366 e. The monoisotopic (exact) mass is 260 g/mol. The maximum Gasteiger partial charge on any atom is 0.221 e. The molecule has 0 spiro atoms. The van der Waals surface area contributed by atoms with Crippen LogP contribution in [0.2, 0.25) is 0 Å². The Bertz CT molecular complexity index is 494. The zero-order chi connectivity index (χ0) is 14.2. The maximum absolute atomic E-state index is 11.2. The number of benzene rings is 1. The van der Waals surface area contributed by atoms with Crippen molar-refractivity contribution in [3.8, 4) is 0 Å². The van der Waals surface area contributed by atoms with E-state index in [4.69, 9.17) is 0 Å². The van der Waals surface area contributed by atoms with Crippen LogP contribution in [0.25, 0.3) is 0 Å². The Labute approximate surface area is 116 Å². The molecule has 1 amide bonds. The quantitative estimate of drug-likeness (QED) is 0.878. The van der Waals surface area contributed by atoms with Crippen LogP contribution in [-0.2, 0) is 4.79 Å². The number of amides is 1. The first-order valence-electron chi connectivity index (χ1n) is 7.04. The molecule has 1 heterocycles. The first-order valence-corrected chi connectivity index (χ1v) is 7.04. The highest BCUT2D eigenvalue weighted by molar-refractivity contribution is 5.89. The van der Waals surface area contributed by atoms with E-state index in [2.05, 4.69) is 50.0 Å². The van der Waals surface area contributed by atoms with Crippen LogP contribution in [0.3, 0.4) is 0 Å². The predicted molar refractivity (Wildman–Crippen MR) is 80.9 cm³/mol. The molecule has 0 bridgehead atoms. The van der Waals surface area contributed by atoms with E-state index in [1.54, 1.807) is 6.92 Å². The topological polar surface area (TPSA) is 32.3 Å². The van der Waals surface area contributed by atoms with Gasteiger partial charge in [-0.05, 0) is 50.8 Å². The molecule has 0 saturated carbocycles. The van der Waals surface area contributed by atoms with Gasteiger partial charge in [0, 0.05) is 30.4 Å². The second kappa shape index (κ2) is 4.87. The molecule has 19 heavy (non-hydrogen) atoms. The number of anilines is 2. The molecule has 3 nitrogen and oxygen atoms in total. The van der Waals surface area contributed by atoms with E-state index in [9.17, 15) is 4.79 Å². The minimum absolute atomic E-state index is 0.0221. The van der Waals surface area contributed by atoms with Crippen molar-refractivity contribution in [1.29, 1.82) is 0 Å². The number of hydrogen-bond acceptors (Lipinski definition) is 2. The van der Waals surface area contributed by atoms with Gasteiger partial charge in [0.2, 0.25) is 5.91 Å². The van der Waals surface area contributed by atoms with Gasteiger partial charge in [0.25, 0.3) is 0 Å². The van der Waals surface area contributed by atoms with Gasteiger partial charge in [0.1, 0.15) is 0 Å². The predicted octanol–water partition coefficient (Wildman–Crippen LogP) is 3.76. The summed E-state index contributed by atoms with van der Waals surface area (Å²) in [6, 6.07) is 6.27. The highest BCUT2D eigenvalue weighted by Crippen LogP contribution is 2.43. The summed E-state index contributed by atoms with van der Waals surface area (Å²) in [6.07, 6.45) is 1.16. The smallest absolute Gasteiger partial charge is 0.221 e. The highest BCUT2D eigenvalue weighted by Gasteiger charge is 2.35. The van der Waals surface area contributed by atoms with Crippen molar-refractivity contribution in [3.63, 3.8) is 0 Å². The lowest BCUT2D eigenvalue weighted by molar-refractivity contribution is -0.114. The molecule has 0 saturated heterocycles. The molecule has 1 aliphatic heterocycles. The molecular weight excluding hydrogens is 236 g/mol. The van der Waals surface area contributed by atoms with Crippen LogP contribution in [0, 0.1) is 0 Å². The molecule has 0 aliphatic carbocycles. The van der Waals surface area contributed by atoms with Crippen molar-refractivity contribution >= 4 is 17.3 Å². The molecule has 1 aromatic rings. The van der Waals surface area contributed by atoms with Gasteiger partial charge < -0.3 is 10.2 Å². The van der Waals surface area contributed by atoms with Crippen LogP contribution in [0.15, 0.2) is 18.2 Å². The van der Waals surface area contributed by atoms with E-state index >= 15 is 0 Å². The van der Waals surface area contributed by atoms with Gasteiger partial charge in [-0.25, -0.2) is 0 Å². The second-order valence-electron chi connectivity index (χ2n) is 6.12. The molecular formula is C16H24N2O. The Balaban J connectivity index is 2.47. The molecule has 0 aromatic heterocycles. The fourth-order valence-corrected chi connectivity index (χ4v) is 3.37. The van der Waals surface area contributed by atoms with Gasteiger partial charge in [-0.3, -0.25) is 4.79 Å². The third-order valence-electron chi connectivity index (χ3n) is 4.03. The summed E-state index contributed by atoms with van der Waals surface area (Å²) in [5.41, 5.74) is 3.69. The number of carbonyl (C=O) groups is 1. The summed E-state index contributed by atoms with van der Waals surface area (Å²) in [7, 11) is 0. The lowest BCUT2D eigenvalue weighted by Gasteiger charge is -2.47. The summed E-state index contributed by atoms with van der Waals surface area (Å²) in [4.78, 5) is 13.6. The summed E-state index contributed by atoms with van der Waals surface area (Å²) in [5.74, 6) is 0.533. The Morgan fingerprint density at radius 2 is 2.16 bits per heavy atom. The van der Waals surface area contributed by atoms with Gasteiger partial charge in [0.15, 0.2) is 0 Å². The number of nitrogens with one attached hydrogen (secondary N) is 1. The van der Waals surface area contributed by atoms with Crippen LogP contribution < -0.4 is 10.2 Å². The number of carbonyl (C=O) groups excluding carboxylic acids is 1. The molecule has 104 valence electrons. The van der Waals surface area contributed by atoms with E-state index in [-0.39, 0.29) is 11.4 Å². The lowest BCUT2D eigenvalue weighted by atomic mass is 9.80. The maximum atomic E-state index is 11.2. The summed E-state index contributed by atoms with van der Waals surface area (Å²) >= 11 is 0. The molecule has 0 radical (unpaired) electrons. The fourth-order valence-electron chi connectivity index (χ4n) is 3.37. The minimum atomic E-state index is -0.0221. The zero-order valence-electron chi connectivity index (χ0n) is 12.6. The highest BCUT2D eigenvalue weighted by atomic mass is 16.1. The van der Waals surface area contributed by atoms with Crippen molar-refractivity contribution in [1.82, 2.24) is 0 Å². The van der Waals surface area contributed by atoms with Crippen LogP contribution in [0.1, 0.15) is 52.5 Å². The van der Waals surface area contributed by atoms with Crippen molar-refractivity contribution in [2.75, 3.05) is 16.8 Å². The summed E-state index contributed by atoms with van der Waals surface area (Å²) in [6.45, 7) is 11.6. The van der Waals surface area contributed by atoms with E-state index in [1.165, 1.54) is 11.3 Å². The van der Waals surface area contributed by atoms with Crippen LogP contribution in [-0.4, -0.2) is 18.0 Å². The molecule has 1 N–H and O–H groups in total. The van der Waals surface area contributed by atoms with Crippen molar-refractivity contribution in [2.24, 2.45) is 0 Å². The third-order valence-corrected chi connectivity index (χ3v) is 4.03. The van der Waals surface area contributed by atoms with E-state index in [1.807, 2.05) is 6.07 Å². The molecule has 1 atom stereocenters. The molecule has 2 rings (SSSR count). The number of fused-ring (bicyclic) bond motifs is 1. The van der Waals surface area contributed by atoms with Gasteiger partial charge in [-0.15, -0.1) is 0 Å². The van der Waals surface area contributed by atoms with Crippen LogP contribution in [0.5, 0.6) is 0 Å². The van der Waals surface area contributed by atoms with Crippen molar-refractivity contribution in [3.05, 3.63) is 23.8 Å². The van der Waals surface area contributed by atoms with E-state index in [0.717, 1.165) is 18.7 Å². The normalized spacial score (nSPS) is 20.9. The molecule has 0 fully saturated rings. The molecule has 0 unspecified atom stereocenters. The van der Waals surface area contributed by atoms with Crippen LogP contribution >= 0.6 is 0 Å². The number of hydrogen-bond donors (Lipinski definition) is 1. The largest absolute Gasteiger partial charge is 0.366 e. The van der Waals surface area contributed by atoms with Crippen LogP contribution in [0.4, 0.5) is 11.4 Å². The Morgan fingerprint density at radius 1 is 1.47 bits per heavy atom. The van der Waals surface area contributed by atoms with Crippen molar-refractivity contribution < 1.29 is 4.79 Å². The molecule has 1 aliphatic rings. The molecule has 1 aromatic carbocycles. The van der Waals surface area contributed by atoms with Gasteiger partial charge in [0.05, 0.1) is 0 Å². The van der Waals surface area contributed by atoms with Gasteiger partial charge >= 0.3 is 0 Å². The molecule has 3 heteroatoms. The fraction of sp³-hybridized carbons (Fsp3) is 0.562. The van der Waals surface area contributed by atoms with Gasteiger partial charge in [-0.2, -0.15) is 0 Å². The first kappa shape index (κ1) is 13.9. The Hall–Kier alpha value is -1.51. The number of rotatable bonds is 2. The third kappa shape index (κ3) is 2.60. The second-order valence-corrected chi connectivity index (χ2v) is 6.12. The number of nitrogens with zero attached hydrogens (tertiary/aromatic N) is 1. The standard InChI is InChI=1S/C16H24N2O/c1-6-18-15-9-13(17-12(3)19)7-8-14(15)11(2)10-16(18,4)5/h7-9,11H,6,10H2,1-5H3,(H,17,19)/t11-/m0/s1. The first-order chi connectivity index (χ1) is 8.85. The average molecular weight is 260 g/mol. The van der Waals surface area contributed by atoms with Crippen molar-refractivity contribution in [2.45, 2.75) is 52.5 Å². The summed E-state index contributed by atoms with van der Waals surface area (Å²) in [5, 5.41) is 2.88. The van der Waals surface area contributed by atoms with E-state index in [0.29, 0.717) is 5.92 Å². The van der Waals surface area contributed by atoms with E-state index < -0.39 is 0 Å². The Morgan fingerprint density at radius 3 is 2.74 bits per heavy atom. The SMILES string of the molecule is CCN1c2cc(NC(C)=O)ccc2[C@@H](C)CC1(C)C.